The summed E-state index contributed by atoms with van der Waals surface area (Å²) in [5, 5.41) is 7.27. The molecule has 1 aliphatic rings. The number of hydrazone groups is 1. The van der Waals surface area contributed by atoms with Crippen LogP contribution in [-0.2, 0) is 4.79 Å². The molecule has 2 N–H and O–H groups in total. The largest absolute Gasteiger partial charge is 0.286 e. The van der Waals surface area contributed by atoms with Gasteiger partial charge in [0.25, 0.3) is 5.91 Å². The summed E-state index contributed by atoms with van der Waals surface area (Å²) >= 11 is 0. The molecule has 5 heteroatoms. The first-order valence-electron chi connectivity index (χ1n) is 4.77. The molecule has 0 atom stereocenters. The Morgan fingerprint density at radius 3 is 2.50 bits per heavy atom. The summed E-state index contributed by atoms with van der Waals surface area (Å²) in [5.41, 5.74) is 0.260. The van der Waals surface area contributed by atoms with Gasteiger partial charge in [-0.05, 0) is 6.92 Å². The van der Waals surface area contributed by atoms with Gasteiger partial charge in [-0.2, -0.15) is 5.10 Å². The molecule has 1 aliphatic heterocycles. The Morgan fingerprint density at radius 1 is 1.50 bits per heavy atom. The molecule has 0 aromatic rings. The standard InChI is InChI=1S/C9H18N4O/c1-5-12-6-13(10)8(14)7(11-12)9(2,3)4/h5-6,10H2,1-4H3. The van der Waals surface area contributed by atoms with Gasteiger partial charge in [-0.3, -0.25) is 14.8 Å². The predicted octanol–water partition coefficient (Wildman–Crippen LogP) is 0.384. The number of carbonyl (C=O) groups is 1. The molecule has 0 aliphatic carbocycles. The van der Waals surface area contributed by atoms with Crippen LogP contribution in [0.5, 0.6) is 0 Å². The van der Waals surface area contributed by atoms with Gasteiger partial charge < -0.3 is 0 Å². The Balaban J connectivity index is 3.00. The van der Waals surface area contributed by atoms with Gasteiger partial charge in [0, 0.05) is 12.0 Å². The van der Waals surface area contributed by atoms with E-state index in [1.54, 1.807) is 5.01 Å². The minimum absolute atomic E-state index is 0.179. The van der Waals surface area contributed by atoms with Gasteiger partial charge in [0.1, 0.15) is 12.4 Å². The highest BCUT2D eigenvalue weighted by atomic mass is 16.2. The molecule has 0 fully saturated rings. The highest BCUT2D eigenvalue weighted by molar-refractivity contribution is 6.40. The summed E-state index contributed by atoms with van der Waals surface area (Å²) in [5.74, 6) is 5.41. The lowest BCUT2D eigenvalue weighted by molar-refractivity contribution is -0.128. The van der Waals surface area contributed by atoms with E-state index in [4.69, 9.17) is 5.84 Å². The van der Waals surface area contributed by atoms with Gasteiger partial charge in [-0.1, -0.05) is 20.8 Å². The number of amides is 1. The Hall–Kier alpha value is -1.10. The molecular formula is C9H18N4O. The number of hydrogen-bond acceptors (Lipinski definition) is 4. The van der Waals surface area contributed by atoms with Gasteiger partial charge in [-0.25, -0.2) is 5.84 Å². The van der Waals surface area contributed by atoms with Gasteiger partial charge in [0.2, 0.25) is 0 Å². The van der Waals surface area contributed by atoms with Crippen molar-refractivity contribution in [2.24, 2.45) is 16.4 Å². The zero-order valence-corrected chi connectivity index (χ0v) is 9.24. The number of carbonyl (C=O) groups excluding carboxylic acids is 1. The molecule has 1 amide bonds. The topological polar surface area (TPSA) is 61.9 Å². The van der Waals surface area contributed by atoms with Gasteiger partial charge >= 0.3 is 0 Å². The number of nitrogens with two attached hydrogens (primary N) is 1. The Labute approximate surface area is 84.5 Å². The van der Waals surface area contributed by atoms with E-state index in [1.807, 2.05) is 27.7 Å². The molecule has 0 unspecified atom stereocenters. The van der Waals surface area contributed by atoms with Crippen LogP contribution in [0.15, 0.2) is 5.10 Å². The average Bonchev–Trinajstić information content (AvgIpc) is 2.07. The van der Waals surface area contributed by atoms with Crippen molar-refractivity contribution in [1.82, 2.24) is 10.0 Å². The normalized spacial score (nSPS) is 18.6. The molecule has 0 aromatic carbocycles. The summed E-state index contributed by atoms with van der Waals surface area (Å²) in [6.45, 7) is 8.97. The third kappa shape index (κ3) is 2.04. The van der Waals surface area contributed by atoms with Crippen LogP contribution in [0.3, 0.4) is 0 Å². The van der Waals surface area contributed by atoms with E-state index in [2.05, 4.69) is 5.10 Å². The van der Waals surface area contributed by atoms with E-state index in [9.17, 15) is 4.79 Å². The molecule has 0 radical (unpaired) electrons. The van der Waals surface area contributed by atoms with Gasteiger partial charge in [0.15, 0.2) is 0 Å². The number of hydrogen-bond donors (Lipinski definition) is 1. The average molecular weight is 198 g/mol. The van der Waals surface area contributed by atoms with Crippen LogP contribution >= 0.6 is 0 Å². The van der Waals surface area contributed by atoms with Crippen LogP contribution in [0.2, 0.25) is 0 Å². The second-order valence-electron chi connectivity index (χ2n) is 4.44. The minimum Gasteiger partial charge on any atom is -0.276 e. The van der Waals surface area contributed by atoms with Crippen molar-refractivity contribution in [2.75, 3.05) is 13.2 Å². The van der Waals surface area contributed by atoms with Crippen LogP contribution in [0, 0.1) is 5.41 Å². The number of nitrogens with zero attached hydrogens (tertiary/aromatic N) is 3. The van der Waals surface area contributed by atoms with Gasteiger partial charge in [0.05, 0.1) is 0 Å². The summed E-state index contributed by atoms with van der Waals surface area (Å²) in [6.07, 6.45) is 0. The van der Waals surface area contributed by atoms with Crippen molar-refractivity contribution in [1.29, 1.82) is 0 Å². The fourth-order valence-electron chi connectivity index (χ4n) is 1.23. The second-order valence-corrected chi connectivity index (χ2v) is 4.44. The lowest BCUT2D eigenvalue weighted by atomic mass is 9.89. The number of hydrazine groups is 1. The molecule has 1 heterocycles. The second kappa shape index (κ2) is 3.57. The molecule has 0 spiro atoms. The van der Waals surface area contributed by atoms with Crippen molar-refractivity contribution in [3.63, 3.8) is 0 Å². The Morgan fingerprint density at radius 2 is 2.07 bits per heavy atom. The van der Waals surface area contributed by atoms with Crippen molar-refractivity contribution in [3.05, 3.63) is 0 Å². The number of rotatable bonds is 1. The fraction of sp³-hybridized carbons (Fsp3) is 0.778. The van der Waals surface area contributed by atoms with E-state index >= 15 is 0 Å². The lowest BCUT2D eigenvalue weighted by Crippen LogP contribution is -2.54. The maximum absolute atomic E-state index is 11.7. The first kappa shape index (κ1) is 11.0. The maximum Gasteiger partial charge on any atom is 0.286 e. The quantitative estimate of drug-likeness (QED) is 0.489. The Kier molecular flexibility index (Phi) is 2.80. The lowest BCUT2D eigenvalue weighted by Gasteiger charge is -2.34. The van der Waals surface area contributed by atoms with Gasteiger partial charge in [-0.15, -0.1) is 0 Å². The molecule has 0 saturated carbocycles. The van der Waals surface area contributed by atoms with Crippen LogP contribution in [0.1, 0.15) is 27.7 Å². The van der Waals surface area contributed by atoms with Crippen molar-refractivity contribution in [3.8, 4) is 0 Å². The van der Waals surface area contributed by atoms with Crippen LogP contribution in [-0.4, -0.2) is 34.9 Å². The van der Waals surface area contributed by atoms with E-state index in [0.717, 1.165) is 6.54 Å². The molecule has 80 valence electrons. The molecule has 5 nitrogen and oxygen atoms in total. The summed E-state index contributed by atoms with van der Waals surface area (Å²) < 4.78 is 0. The summed E-state index contributed by atoms with van der Waals surface area (Å²) in [4.78, 5) is 11.7. The maximum atomic E-state index is 11.7. The van der Waals surface area contributed by atoms with Crippen LogP contribution in [0.25, 0.3) is 0 Å². The van der Waals surface area contributed by atoms with E-state index in [0.29, 0.717) is 12.4 Å². The summed E-state index contributed by atoms with van der Waals surface area (Å²) in [7, 11) is 0. The van der Waals surface area contributed by atoms with Crippen molar-refractivity contribution in [2.45, 2.75) is 27.7 Å². The SMILES string of the molecule is CCN1CN(N)C(=O)C(C(C)(C)C)=N1. The molecule has 1 rings (SSSR count). The third-order valence-corrected chi connectivity index (χ3v) is 2.10. The van der Waals surface area contributed by atoms with Crippen molar-refractivity contribution < 1.29 is 4.79 Å². The smallest absolute Gasteiger partial charge is 0.276 e. The fourth-order valence-corrected chi connectivity index (χ4v) is 1.23. The first-order chi connectivity index (χ1) is 6.36. The highest BCUT2D eigenvalue weighted by Gasteiger charge is 2.33. The van der Waals surface area contributed by atoms with Crippen LogP contribution < -0.4 is 5.84 Å². The molecule has 14 heavy (non-hydrogen) atoms. The molecule has 0 saturated heterocycles. The monoisotopic (exact) mass is 198 g/mol. The highest BCUT2D eigenvalue weighted by Crippen LogP contribution is 2.20. The molecule has 0 aromatic heterocycles. The third-order valence-electron chi connectivity index (χ3n) is 2.10. The van der Waals surface area contributed by atoms with Crippen molar-refractivity contribution >= 4 is 11.6 Å². The summed E-state index contributed by atoms with van der Waals surface area (Å²) in [6, 6.07) is 0. The molecular weight excluding hydrogens is 180 g/mol. The van der Waals surface area contributed by atoms with E-state index in [1.165, 1.54) is 5.01 Å². The minimum atomic E-state index is -0.261. The van der Waals surface area contributed by atoms with Crippen LogP contribution in [0.4, 0.5) is 0 Å². The Bertz CT molecular complexity index is 266. The predicted molar refractivity (Wildman–Crippen MR) is 55.2 cm³/mol. The zero-order valence-electron chi connectivity index (χ0n) is 9.24. The van der Waals surface area contributed by atoms with E-state index in [-0.39, 0.29) is 11.3 Å². The van der Waals surface area contributed by atoms with E-state index < -0.39 is 0 Å². The molecule has 0 bridgehead atoms. The zero-order chi connectivity index (χ0) is 10.9. The first-order valence-corrected chi connectivity index (χ1v) is 4.77.